The van der Waals surface area contributed by atoms with E-state index >= 15 is 0 Å². The quantitative estimate of drug-likeness (QED) is 0.735. The van der Waals surface area contributed by atoms with Crippen LogP contribution in [0.5, 0.6) is 0 Å². The van der Waals surface area contributed by atoms with Crippen LogP contribution in [0.1, 0.15) is 0 Å². The molecule has 2 N–H and O–H groups in total. The molecule has 1 unspecified atom stereocenters. The summed E-state index contributed by atoms with van der Waals surface area (Å²) in [6.45, 7) is -0.157. The Kier molecular flexibility index (Phi) is 7.04. The average molecular weight is 368 g/mol. The van der Waals surface area contributed by atoms with Crippen molar-refractivity contribution in [2.24, 2.45) is 0 Å². The molecule has 0 heterocycles. The van der Waals surface area contributed by atoms with Crippen molar-refractivity contribution in [3.8, 4) is 0 Å². The van der Waals surface area contributed by atoms with Crippen molar-refractivity contribution in [2.75, 3.05) is 6.61 Å². The van der Waals surface area contributed by atoms with Crippen LogP contribution < -0.4 is 0 Å². The van der Waals surface area contributed by atoms with E-state index < -0.39 is 18.4 Å². The number of hydrogen-bond acceptors (Lipinski definition) is 4. The fourth-order valence-electron chi connectivity index (χ4n) is 1.52. The van der Waals surface area contributed by atoms with Gasteiger partial charge in [-0.25, -0.2) is 0 Å². The summed E-state index contributed by atoms with van der Waals surface area (Å²) < 4.78 is 0. The van der Waals surface area contributed by atoms with Crippen molar-refractivity contribution in [3.05, 3.63) is 60.7 Å². The fourth-order valence-corrected chi connectivity index (χ4v) is 14.4. The Morgan fingerprint density at radius 1 is 0.850 bits per heavy atom. The van der Waals surface area contributed by atoms with Crippen LogP contribution in [-0.4, -0.2) is 35.3 Å². The molecule has 1 atom stereocenters. The molecule has 5 heteroatoms. The van der Waals surface area contributed by atoms with Gasteiger partial charge in [-0.3, -0.25) is 0 Å². The topological polar surface area (TPSA) is 40.5 Å². The van der Waals surface area contributed by atoms with Gasteiger partial charge in [-0.05, 0) is 0 Å². The molecule has 2 aromatic rings. The van der Waals surface area contributed by atoms with E-state index in [2.05, 4.69) is 24.3 Å². The molecule has 0 aliphatic rings. The molecule has 0 saturated heterocycles. The maximum atomic E-state index is 9.74. The molecular formula is C15H17AsO2S2. The van der Waals surface area contributed by atoms with Crippen molar-refractivity contribution < 1.29 is 10.2 Å². The Labute approximate surface area is 130 Å². The zero-order valence-electron chi connectivity index (χ0n) is 10.9. The minimum atomic E-state index is -1.41. The first-order valence-electron chi connectivity index (χ1n) is 6.30. The second-order valence-corrected chi connectivity index (χ2v) is 15.7. The molecule has 0 spiro atoms. The molecular weight excluding hydrogens is 351 g/mol. The van der Waals surface area contributed by atoms with Gasteiger partial charge in [0.2, 0.25) is 0 Å². The molecule has 0 saturated carbocycles. The zero-order valence-corrected chi connectivity index (χ0v) is 14.4. The van der Waals surface area contributed by atoms with Gasteiger partial charge in [0.15, 0.2) is 0 Å². The third-order valence-corrected chi connectivity index (χ3v) is 14.4. The van der Waals surface area contributed by atoms with Crippen LogP contribution in [0.15, 0.2) is 70.5 Å². The second kappa shape index (κ2) is 8.81. The molecule has 0 radical (unpaired) electrons. The molecule has 0 aliphatic heterocycles. The molecule has 2 nitrogen and oxygen atoms in total. The van der Waals surface area contributed by atoms with Gasteiger partial charge in [0.1, 0.15) is 0 Å². The van der Waals surface area contributed by atoms with Gasteiger partial charge in [0.25, 0.3) is 0 Å². The van der Waals surface area contributed by atoms with Gasteiger partial charge >= 0.3 is 131 Å². The van der Waals surface area contributed by atoms with Crippen molar-refractivity contribution in [3.63, 3.8) is 0 Å². The summed E-state index contributed by atoms with van der Waals surface area (Å²) in [5, 5.41) is 19.5. The number of rotatable bonds is 7. The standard InChI is InChI=1S/C15H17AsO2S2/c17-12-13(18)11-16(19-14-7-3-1-4-8-14)20-15-9-5-2-6-10-15/h1-10,13,17-18H,11-12H2. The monoisotopic (exact) mass is 368 g/mol. The normalized spacial score (nSPS) is 12.6. The van der Waals surface area contributed by atoms with Gasteiger partial charge in [-0.1, -0.05) is 0 Å². The first kappa shape index (κ1) is 16.0. The number of aliphatic hydroxyl groups excluding tert-OH is 2. The van der Waals surface area contributed by atoms with Crippen LogP contribution in [0.2, 0.25) is 5.21 Å². The second-order valence-electron chi connectivity index (χ2n) is 4.16. The van der Waals surface area contributed by atoms with Crippen LogP contribution in [0.3, 0.4) is 0 Å². The molecule has 20 heavy (non-hydrogen) atoms. The SMILES string of the molecule is OCC(O)C[As](Sc1ccccc1)Sc1ccccc1. The van der Waals surface area contributed by atoms with E-state index in [4.69, 9.17) is 5.11 Å². The summed E-state index contributed by atoms with van der Waals surface area (Å²) in [4.78, 5) is 2.47. The van der Waals surface area contributed by atoms with Crippen LogP contribution in [0, 0.1) is 0 Å². The Balaban J connectivity index is 2.04. The predicted octanol–water partition coefficient (Wildman–Crippen LogP) is 3.41. The van der Waals surface area contributed by atoms with Crippen molar-refractivity contribution in [2.45, 2.75) is 21.1 Å². The summed E-state index contributed by atoms with van der Waals surface area (Å²) in [5.74, 6) is 0. The first-order chi connectivity index (χ1) is 9.78. The first-order valence-corrected chi connectivity index (χ1v) is 13.8. The van der Waals surface area contributed by atoms with E-state index in [0.717, 1.165) is 0 Å². The van der Waals surface area contributed by atoms with E-state index in [1.807, 2.05) is 56.4 Å². The summed E-state index contributed by atoms with van der Waals surface area (Å²) in [7, 11) is 3.73. The van der Waals surface area contributed by atoms with Crippen molar-refractivity contribution in [1.29, 1.82) is 0 Å². The molecule has 0 aliphatic carbocycles. The van der Waals surface area contributed by atoms with E-state index in [1.54, 1.807) is 0 Å². The van der Waals surface area contributed by atoms with Crippen molar-refractivity contribution >= 4 is 32.4 Å². The van der Waals surface area contributed by atoms with Gasteiger partial charge in [-0.2, -0.15) is 0 Å². The number of hydrogen-bond donors (Lipinski definition) is 2. The number of benzene rings is 2. The fraction of sp³-hybridized carbons (Fsp3) is 0.200. The molecule has 0 amide bonds. The Morgan fingerprint density at radius 2 is 1.30 bits per heavy atom. The maximum absolute atomic E-state index is 9.74. The Morgan fingerprint density at radius 3 is 1.70 bits per heavy atom. The Hall–Kier alpha value is -0.382. The third kappa shape index (κ3) is 5.55. The summed E-state index contributed by atoms with van der Waals surface area (Å²) in [6, 6.07) is 20.5. The summed E-state index contributed by atoms with van der Waals surface area (Å²) >= 11 is -1.41. The zero-order chi connectivity index (χ0) is 14.2. The predicted molar refractivity (Wildman–Crippen MR) is 88.3 cm³/mol. The van der Waals surface area contributed by atoms with E-state index in [-0.39, 0.29) is 6.61 Å². The molecule has 0 aromatic heterocycles. The van der Waals surface area contributed by atoms with Crippen LogP contribution in [0.4, 0.5) is 0 Å². The summed E-state index contributed by atoms with van der Waals surface area (Å²) in [5.41, 5.74) is 0. The Bertz CT molecular complexity index is 454. The van der Waals surface area contributed by atoms with Gasteiger partial charge in [0.05, 0.1) is 0 Å². The van der Waals surface area contributed by atoms with Gasteiger partial charge in [-0.15, -0.1) is 0 Å². The number of aliphatic hydroxyl groups is 2. The van der Waals surface area contributed by atoms with Crippen LogP contribution >= 0.6 is 20.0 Å². The van der Waals surface area contributed by atoms with Crippen LogP contribution in [0.25, 0.3) is 0 Å². The minimum absolute atomic E-state index is 0.157. The van der Waals surface area contributed by atoms with Crippen molar-refractivity contribution in [1.82, 2.24) is 0 Å². The molecule has 2 aromatic carbocycles. The van der Waals surface area contributed by atoms with Crippen LogP contribution in [-0.2, 0) is 0 Å². The van der Waals surface area contributed by atoms with Gasteiger partial charge < -0.3 is 0 Å². The molecule has 106 valence electrons. The van der Waals surface area contributed by atoms with E-state index in [0.29, 0.717) is 5.21 Å². The van der Waals surface area contributed by atoms with Gasteiger partial charge in [0, 0.05) is 0 Å². The molecule has 0 bridgehead atoms. The molecule has 0 fully saturated rings. The van der Waals surface area contributed by atoms with E-state index in [1.165, 1.54) is 9.79 Å². The summed E-state index contributed by atoms with van der Waals surface area (Å²) in [6.07, 6.45) is -0.609. The van der Waals surface area contributed by atoms with E-state index in [9.17, 15) is 5.11 Å². The molecule has 2 rings (SSSR count). The third-order valence-electron chi connectivity index (χ3n) is 2.47. The average Bonchev–Trinajstić information content (AvgIpc) is 2.49.